The molecule has 13 heteroatoms. The summed E-state index contributed by atoms with van der Waals surface area (Å²) in [6.07, 6.45) is 4.34. The first-order chi connectivity index (χ1) is 17.3. The molecular formula is C23H31N9O4. The number of aromatic amines is 1. The fourth-order valence-corrected chi connectivity index (χ4v) is 4.43. The number of fused-ring (bicyclic) bond motifs is 1. The summed E-state index contributed by atoms with van der Waals surface area (Å²) < 4.78 is 5.49. The van der Waals surface area contributed by atoms with Crippen molar-refractivity contribution in [2.45, 2.75) is 50.2 Å². The molecule has 2 amide bonds. The topological polar surface area (TPSA) is 215 Å². The lowest BCUT2D eigenvalue weighted by molar-refractivity contribution is -0.141. The largest absolute Gasteiger partial charge is 0.480 e. The molecule has 0 radical (unpaired) electrons. The second-order valence-electron chi connectivity index (χ2n) is 8.80. The van der Waals surface area contributed by atoms with Gasteiger partial charge in [-0.3, -0.25) is 4.99 Å². The van der Waals surface area contributed by atoms with Crippen LogP contribution in [0, 0.1) is 0 Å². The molecule has 1 fully saturated rings. The summed E-state index contributed by atoms with van der Waals surface area (Å²) in [5.41, 5.74) is 19.2. The van der Waals surface area contributed by atoms with Crippen LogP contribution in [0.25, 0.3) is 10.9 Å². The van der Waals surface area contributed by atoms with E-state index in [1.54, 1.807) is 0 Å². The number of amides is 2. The second-order valence-corrected chi connectivity index (χ2v) is 8.80. The molecule has 36 heavy (non-hydrogen) atoms. The molecule has 1 aliphatic heterocycles. The lowest BCUT2D eigenvalue weighted by Crippen LogP contribution is -2.47. The number of carboxylic acid groups (broad SMARTS) is 1. The molecule has 192 valence electrons. The molecule has 0 saturated carbocycles. The third-order valence-electron chi connectivity index (χ3n) is 6.24. The van der Waals surface area contributed by atoms with Gasteiger partial charge in [0.25, 0.3) is 0 Å². The molecule has 0 spiro atoms. The molecule has 1 unspecified atom stereocenters. The summed E-state index contributed by atoms with van der Waals surface area (Å²) in [6.45, 7) is 0.700. The number of hydrogen-bond acceptors (Lipinski definition) is 7. The van der Waals surface area contributed by atoms with Crippen LogP contribution in [0.4, 0.5) is 4.79 Å². The molecule has 4 rings (SSSR count). The minimum atomic E-state index is -1.03. The number of carboxylic acids is 1. The first-order valence-electron chi connectivity index (χ1n) is 11.8. The van der Waals surface area contributed by atoms with Crippen molar-refractivity contribution in [1.82, 2.24) is 25.3 Å². The molecule has 3 aromatic rings. The van der Waals surface area contributed by atoms with Crippen molar-refractivity contribution in [3.05, 3.63) is 47.7 Å². The zero-order valence-electron chi connectivity index (χ0n) is 19.8. The normalized spacial score (nSPS) is 17.1. The van der Waals surface area contributed by atoms with E-state index >= 15 is 0 Å². The Morgan fingerprint density at radius 3 is 2.92 bits per heavy atom. The van der Waals surface area contributed by atoms with Gasteiger partial charge in [-0.05, 0) is 43.7 Å². The van der Waals surface area contributed by atoms with Crippen LogP contribution < -0.4 is 22.5 Å². The SMILES string of the molecule is NC(N)=NCCC[C@H](NC(=O)N1CCCC1C(=O)O)c1nc([C@@H](N)Cc2c[nH]c3ccccc23)no1. The quantitative estimate of drug-likeness (QED) is 0.134. The van der Waals surface area contributed by atoms with Gasteiger partial charge < -0.3 is 42.0 Å². The maximum absolute atomic E-state index is 12.9. The van der Waals surface area contributed by atoms with E-state index < -0.39 is 30.1 Å². The minimum Gasteiger partial charge on any atom is -0.480 e. The van der Waals surface area contributed by atoms with Crippen molar-refractivity contribution in [3.63, 3.8) is 0 Å². The van der Waals surface area contributed by atoms with Crippen LogP contribution in [0.1, 0.15) is 55.0 Å². The Bertz CT molecular complexity index is 1230. The first kappa shape index (κ1) is 25.0. The van der Waals surface area contributed by atoms with Crippen molar-refractivity contribution >= 4 is 28.9 Å². The number of aliphatic carboxylic acids is 1. The molecule has 13 nitrogen and oxygen atoms in total. The number of urea groups is 1. The van der Waals surface area contributed by atoms with E-state index in [2.05, 4.69) is 25.4 Å². The number of hydrogen-bond donors (Lipinski definition) is 6. The lowest BCUT2D eigenvalue weighted by atomic mass is 10.1. The van der Waals surface area contributed by atoms with Crippen LogP contribution >= 0.6 is 0 Å². The number of aromatic nitrogens is 3. The van der Waals surface area contributed by atoms with E-state index in [0.29, 0.717) is 51.0 Å². The molecule has 1 saturated heterocycles. The number of nitrogens with two attached hydrogens (primary N) is 3. The van der Waals surface area contributed by atoms with E-state index in [0.717, 1.165) is 16.5 Å². The summed E-state index contributed by atoms with van der Waals surface area (Å²) in [7, 11) is 0. The van der Waals surface area contributed by atoms with E-state index in [1.165, 1.54) is 4.90 Å². The van der Waals surface area contributed by atoms with E-state index in [4.69, 9.17) is 21.7 Å². The Hall–Kier alpha value is -4.13. The number of rotatable bonds is 10. The Labute approximate surface area is 207 Å². The van der Waals surface area contributed by atoms with Gasteiger partial charge in [0.1, 0.15) is 12.1 Å². The Morgan fingerprint density at radius 2 is 2.14 bits per heavy atom. The molecule has 1 aromatic carbocycles. The summed E-state index contributed by atoms with van der Waals surface area (Å²) in [5, 5.41) is 17.4. The molecular weight excluding hydrogens is 466 g/mol. The number of H-pyrrole nitrogens is 1. The van der Waals surface area contributed by atoms with Gasteiger partial charge in [0.15, 0.2) is 11.8 Å². The Kier molecular flexibility index (Phi) is 7.68. The molecule has 3 atom stereocenters. The summed E-state index contributed by atoms with van der Waals surface area (Å²) in [5.74, 6) is -0.567. The number of guanidine groups is 1. The Morgan fingerprint density at radius 1 is 1.33 bits per heavy atom. The maximum Gasteiger partial charge on any atom is 0.326 e. The van der Waals surface area contributed by atoms with Gasteiger partial charge in [-0.25, -0.2) is 9.59 Å². The highest BCUT2D eigenvalue weighted by molar-refractivity contribution is 5.84. The van der Waals surface area contributed by atoms with Crippen molar-refractivity contribution in [3.8, 4) is 0 Å². The fraction of sp³-hybridized carbons (Fsp3) is 0.435. The highest BCUT2D eigenvalue weighted by Gasteiger charge is 2.35. The van der Waals surface area contributed by atoms with E-state index in [-0.39, 0.29) is 11.9 Å². The van der Waals surface area contributed by atoms with Crippen molar-refractivity contribution < 1.29 is 19.2 Å². The van der Waals surface area contributed by atoms with Crippen molar-refractivity contribution in [2.75, 3.05) is 13.1 Å². The van der Waals surface area contributed by atoms with Gasteiger partial charge in [-0.1, -0.05) is 23.4 Å². The molecule has 0 bridgehead atoms. The van der Waals surface area contributed by atoms with Gasteiger partial charge in [0.05, 0.1) is 6.04 Å². The molecule has 1 aliphatic rings. The van der Waals surface area contributed by atoms with Crippen LogP contribution in [-0.2, 0) is 11.2 Å². The van der Waals surface area contributed by atoms with E-state index in [1.807, 2.05) is 30.5 Å². The number of aliphatic imine (C=N–C) groups is 1. The number of nitrogens with zero attached hydrogens (tertiary/aromatic N) is 4. The van der Waals surface area contributed by atoms with Gasteiger partial charge >= 0.3 is 12.0 Å². The molecule has 9 N–H and O–H groups in total. The van der Waals surface area contributed by atoms with Gasteiger partial charge in [0, 0.05) is 30.2 Å². The molecule has 0 aliphatic carbocycles. The van der Waals surface area contributed by atoms with Crippen molar-refractivity contribution in [2.24, 2.45) is 22.2 Å². The lowest BCUT2D eigenvalue weighted by Gasteiger charge is -2.24. The highest BCUT2D eigenvalue weighted by Crippen LogP contribution is 2.25. The van der Waals surface area contributed by atoms with Gasteiger partial charge in [-0.15, -0.1) is 0 Å². The number of nitrogens with one attached hydrogen (secondary N) is 2. The number of carbonyl (C=O) groups excluding carboxylic acids is 1. The smallest absolute Gasteiger partial charge is 0.326 e. The number of likely N-dealkylation sites (tertiary alicyclic amines) is 1. The summed E-state index contributed by atoms with van der Waals surface area (Å²) >= 11 is 0. The van der Waals surface area contributed by atoms with Crippen LogP contribution in [0.5, 0.6) is 0 Å². The predicted molar refractivity (Wildman–Crippen MR) is 132 cm³/mol. The fourth-order valence-electron chi connectivity index (χ4n) is 4.43. The summed E-state index contributed by atoms with van der Waals surface area (Å²) in [6, 6.07) is 5.35. The second kappa shape index (κ2) is 11.1. The number of carbonyl (C=O) groups is 2. The van der Waals surface area contributed by atoms with Crippen LogP contribution in [0.3, 0.4) is 0 Å². The third kappa shape index (κ3) is 5.74. The highest BCUT2D eigenvalue weighted by atomic mass is 16.5. The average molecular weight is 498 g/mol. The van der Waals surface area contributed by atoms with Crippen LogP contribution in [0.2, 0.25) is 0 Å². The van der Waals surface area contributed by atoms with Crippen molar-refractivity contribution in [1.29, 1.82) is 0 Å². The van der Waals surface area contributed by atoms with Crippen LogP contribution in [-0.4, -0.2) is 62.2 Å². The maximum atomic E-state index is 12.9. The number of benzene rings is 1. The van der Waals surface area contributed by atoms with Crippen LogP contribution in [0.15, 0.2) is 40.0 Å². The first-order valence-corrected chi connectivity index (χ1v) is 11.8. The monoisotopic (exact) mass is 497 g/mol. The van der Waals surface area contributed by atoms with Gasteiger partial charge in [0.2, 0.25) is 5.89 Å². The molecule has 3 heterocycles. The average Bonchev–Trinajstić information content (AvgIpc) is 3.61. The zero-order chi connectivity index (χ0) is 25.7. The molecule has 2 aromatic heterocycles. The zero-order valence-corrected chi connectivity index (χ0v) is 19.8. The predicted octanol–water partition coefficient (Wildman–Crippen LogP) is 1.15. The summed E-state index contributed by atoms with van der Waals surface area (Å²) in [4.78, 5) is 37.4. The number of para-hydroxylation sites is 1. The van der Waals surface area contributed by atoms with Gasteiger partial charge in [-0.2, -0.15) is 4.98 Å². The third-order valence-corrected chi connectivity index (χ3v) is 6.24. The van der Waals surface area contributed by atoms with E-state index in [9.17, 15) is 14.7 Å². The Balaban J connectivity index is 1.48. The standard InChI is InChI=1S/C23H31N9O4/c24-15(11-13-12-28-16-6-2-1-5-14(13)16)19-30-20(36-31-19)17(7-3-9-27-22(25)26)29-23(35)32-10-4-8-18(32)21(33)34/h1-2,5-6,12,15,17-18,28H,3-4,7-11,24H2,(H,29,35)(H,33,34)(H4,25,26,27)/t15-,17-,18?/m0/s1. The minimum absolute atomic E-state index is 0.0275.